The van der Waals surface area contributed by atoms with E-state index in [0.717, 1.165) is 39.2 Å². The number of piperidine rings is 1. The third-order valence-corrected chi connectivity index (χ3v) is 7.39. The van der Waals surface area contributed by atoms with Crippen molar-refractivity contribution in [2.75, 3.05) is 16.2 Å². The van der Waals surface area contributed by atoms with Gasteiger partial charge in [-0.15, -0.1) is 11.3 Å². The lowest BCUT2D eigenvalue weighted by Gasteiger charge is -2.28. The van der Waals surface area contributed by atoms with E-state index >= 15 is 0 Å². The van der Waals surface area contributed by atoms with E-state index < -0.39 is 10.0 Å². The molecule has 0 spiro atoms. The Kier molecular flexibility index (Phi) is 4.98. The van der Waals surface area contributed by atoms with Gasteiger partial charge in [-0.2, -0.15) is 0 Å². The average molecular weight is 429 g/mol. The second-order valence-electron chi connectivity index (χ2n) is 5.67. The zero-order valence-electron chi connectivity index (χ0n) is 13.1. The van der Waals surface area contributed by atoms with Gasteiger partial charge in [0.2, 0.25) is 5.91 Å². The summed E-state index contributed by atoms with van der Waals surface area (Å²) in [6.07, 6.45) is 2.41. The highest BCUT2D eigenvalue weighted by atomic mass is 79.9. The molecule has 1 aromatic heterocycles. The van der Waals surface area contributed by atoms with E-state index in [1.165, 1.54) is 0 Å². The van der Waals surface area contributed by atoms with E-state index in [1.807, 2.05) is 13.0 Å². The molecule has 2 aromatic rings. The van der Waals surface area contributed by atoms with Crippen LogP contribution in [0.3, 0.4) is 0 Å². The Labute approximate surface area is 153 Å². The summed E-state index contributed by atoms with van der Waals surface area (Å²) in [5, 5.41) is 0. The maximum Gasteiger partial charge on any atom is 0.271 e. The summed E-state index contributed by atoms with van der Waals surface area (Å²) in [4.78, 5) is 13.9. The predicted octanol–water partition coefficient (Wildman–Crippen LogP) is 4.14. The molecule has 0 saturated carbocycles. The molecule has 1 N–H and O–H groups in total. The molecule has 8 heteroatoms. The Morgan fingerprint density at radius 1 is 1.21 bits per heavy atom. The normalized spacial score (nSPS) is 15.6. The average Bonchev–Trinajstić information content (AvgIpc) is 2.97. The Bertz CT molecular complexity index is 877. The SMILES string of the molecule is Cc1ccc(NS(=O)(=O)c2ccc(Br)s2)cc1N1CCCCC1=O. The molecule has 1 aliphatic rings. The lowest BCUT2D eigenvalue weighted by molar-refractivity contribution is -0.119. The van der Waals surface area contributed by atoms with Crippen LogP contribution in [0.15, 0.2) is 38.3 Å². The van der Waals surface area contributed by atoms with Gasteiger partial charge in [0.15, 0.2) is 0 Å². The number of benzene rings is 1. The molecule has 1 amide bonds. The Hall–Kier alpha value is -1.38. The number of halogens is 1. The van der Waals surface area contributed by atoms with Gasteiger partial charge >= 0.3 is 0 Å². The van der Waals surface area contributed by atoms with Gasteiger partial charge in [-0.3, -0.25) is 9.52 Å². The summed E-state index contributed by atoms with van der Waals surface area (Å²) in [6.45, 7) is 2.60. The van der Waals surface area contributed by atoms with Crippen LogP contribution in [-0.2, 0) is 14.8 Å². The first-order valence-electron chi connectivity index (χ1n) is 7.56. The van der Waals surface area contributed by atoms with Crippen molar-refractivity contribution >= 4 is 54.6 Å². The van der Waals surface area contributed by atoms with Crippen molar-refractivity contribution in [1.82, 2.24) is 0 Å². The number of carbonyl (C=O) groups excluding carboxylic acids is 1. The lowest BCUT2D eigenvalue weighted by atomic mass is 10.1. The van der Waals surface area contributed by atoms with Gasteiger partial charge in [-0.05, 0) is 65.5 Å². The topological polar surface area (TPSA) is 66.5 Å². The van der Waals surface area contributed by atoms with Crippen LogP contribution >= 0.6 is 27.3 Å². The van der Waals surface area contributed by atoms with E-state index in [9.17, 15) is 13.2 Å². The number of thiophene rings is 1. The standard InChI is InChI=1S/C16H17BrN2O3S2/c1-11-5-6-12(10-13(11)19-9-3-2-4-15(19)20)18-24(21,22)16-8-7-14(17)23-16/h5-8,10,18H,2-4,9H2,1H3. The van der Waals surface area contributed by atoms with Crippen molar-refractivity contribution in [1.29, 1.82) is 0 Å². The smallest absolute Gasteiger partial charge is 0.271 e. The molecule has 1 aliphatic heterocycles. The van der Waals surface area contributed by atoms with Crippen molar-refractivity contribution in [3.63, 3.8) is 0 Å². The number of anilines is 2. The Morgan fingerprint density at radius 2 is 2.00 bits per heavy atom. The Morgan fingerprint density at radius 3 is 2.67 bits per heavy atom. The van der Waals surface area contributed by atoms with Gasteiger partial charge in [0.25, 0.3) is 10.0 Å². The molecule has 0 aliphatic carbocycles. The fraction of sp³-hybridized carbons (Fsp3) is 0.312. The highest BCUT2D eigenvalue weighted by Crippen LogP contribution is 2.31. The van der Waals surface area contributed by atoms with Crippen LogP contribution in [0, 0.1) is 6.92 Å². The number of hydrogen-bond acceptors (Lipinski definition) is 4. The summed E-state index contributed by atoms with van der Waals surface area (Å²) in [6, 6.07) is 8.54. The number of nitrogens with zero attached hydrogens (tertiary/aromatic N) is 1. The molecule has 0 bridgehead atoms. The van der Waals surface area contributed by atoms with Crippen LogP contribution in [0.25, 0.3) is 0 Å². The van der Waals surface area contributed by atoms with E-state index in [2.05, 4.69) is 20.7 Å². The molecule has 24 heavy (non-hydrogen) atoms. The van der Waals surface area contributed by atoms with Gasteiger partial charge in [-0.1, -0.05) is 6.07 Å². The molecule has 3 rings (SSSR count). The van der Waals surface area contributed by atoms with Crippen molar-refractivity contribution < 1.29 is 13.2 Å². The molecule has 1 fully saturated rings. The number of nitrogens with one attached hydrogen (secondary N) is 1. The molecule has 0 radical (unpaired) electrons. The van der Waals surface area contributed by atoms with E-state index in [1.54, 1.807) is 29.2 Å². The lowest BCUT2D eigenvalue weighted by Crippen LogP contribution is -2.35. The molecule has 0 unspecified atom stereocenters. The number of amides is 1. The zero-order valence-corrected chi connectivity index (χ0v) is 16.3. The first-order valence-corrected chi connectivity index (χ1v) is 10.7. The van der Waals surface area contributed by atoms with E-state index in [0.29, 0.717) is 18.7 Å². The van der Waals surface area contributed by atoms with Crippen LogP contribution < -0.4 is 9.62 Å². The molecule has 5 nitrogen and oxygen atoms in total. The molecular weight excluding hydrogens is 412 g/mol. The molecular formula is C16H17BrN2O3S2. The quantitative estimate of drug-likeness (QED) is 0.795. The predicted molar refractivity (Wildman–Crippen MR) is 100 cm³/mol. The molecule has 2 heterocycles. The van der Waals surface area contributed by atoms with Gasteiger partial charge in [0.1, 0.15) is 4.21 Å². The fourth-order valence-corrected chi connectivity index (χ4v) is 5.73. The summed E-state index contributed by atoms with van der Waals surface area (Å²) in [7, 11) is -3.63. The minimum Gasteiger partial charge on any atom is -0.312 e. The first kappa shape index (κ1) is 17.4. The van der Waals surface area contributed by atoms with Crippen LogP contribution in [0.2, 0.25) is 0 Å². The molecule has 128 valence electrons. The molecule has 1 saturated heterocycles. The number of carbonyl (C=O) groups is 1. The fourth-order valence-electron chi connectivity index (χ4n) is 2.67. The largest absolute Gasteiger partial charge is 0.312 e. The Balaban J connectivity index is 1.90. The van der Waals surface area contributed by atoms with E-state index in [-0.39, 0.29) is 10.1 Å². The minimum atomic E-state index is -3.63. The number of aryl methyl sites for hydroxylation is 1. The maximum absolute atomic E-state index is 12.4. The summed E-state index contributed by atoms with van der Waals surface area (Å²) in [5.74, 6) is 0.0894. The van der Waals surface area contributed by atoms with Crippen LogP contribution in [-0.4, -0.2) is 20.9 Å². The number of sulfonamides is 1. The van der Waals surface area contributed by atoms with E-state index in [4.69, 9.17) is 0 Å². The highest BCUT2D eigenvalue weighted by Gasteiger charge is 2.22. The van der Waals surface area contributed by atoms with Crippen LogP contribution in [0.1, 0.15) is 24.8 Å². The third kappa shape index (κ3) is 3.65. The molecule has 0 atom stereocenters. The first-order chi connectivity index (χ1) is 11.4. The second-order valence-corrected chi connectivity index (χ2v) is 10.0. The molecule has 1 aromatic carbocycles. The zero-order chi connectivity index (χ0) is 17.3. The van der Waals surface area contributed by atoms with Crippen LogP contribution in [0.5, 0.6) is 0 Å². The highest BCUT2D eigenvalue weighted by molar-refractivity contribution is 9.11. The summed E-state index contributed by atoms with van der Waals surface area (Å²) < 4.78 is 28.5. The second kappa shape index (κ2) is 6.85. The van der Waals surface area contributed by atoms with Gasteiger partial charge in [0, 0.05) is 18.7 Å². The summed E-state index contributed by atoms with van der Waals surface area (Å²) in [5.41, 5.74) is 2.18. The number of rotatable bonds is 4. The number of hydrogen-bond donors (Lipinski definition) is 1. The summed E-state index contributed by atoms with van der Waals surface area (Å²) >= 11 is 4.42. The van der Waals surface area contributed by atoms with Gasteiger partial charge < -0.3 is 4.90 Å². The van der Waals surface area contributed by atoms with Crippen molar-refractivity contribution in [3.8, 4) is 0 Å². The monoisotopic (exact) mass is 428 g/mol. The third-order valence-electron chi connectivity index (χ3n) is 3.89. The van der Waals surface area contributed by atoms with Gasteiger partial charge in [-0.25, -0.2) is 8.42 Å². The van der Waals surface area contributed by atoms with Gasteiger partial charge in [0.05, 0.1) is 9.47 Å². The minimum absolute atomic E-state index is 0.0894. The van der Waals surface area contributed by atoms with Crippen molar-refractivity contribution in [3.05, 3.63) is 39.7 Å². The van der Waals surface area contributed by atoms with Crippen LogP contribution in [0.4, 0.5) is 11.4 Å². The van der Waals surface area contributed by atoms with Crippen molar-refractivity contribution in [2.45, 2.75) is 30.4 Å². The maximum atomic E-state index is 12.4. The van der Waals surface area contributed by atoms with Crippen molar-refractivity contribution in [2.24, 2.45) is 0 Å².